The van der Waals surface area contributed by atoms with E-state index in [9.17, 15) is 9.59 Å². The van der Waals surface area contributed by atoms with Crippen LogP contribution in [0.4, 0.5) is 4.79 Å². The Labute approximate surface area is 122 Å². The van der Waals surface area contributed by atoms with E-state index in [1.807, 2.05) is 0 Å². The molecule has 1 heterocycles. The Morgan fingerprint density at radius 2 is 1.76 bits per heavy atom. The second-order valence-corrected chi connectivity index (χ2v) is 5.24. The molecule has 0 atom stereocenters. The number of ether oxygens (including phenoxy) is 1. The molecule has 6 nitrogen and oxygen atoms in total. The molecule has 1 fully saturated rings. The third-order valence-corrected chi connectivity index (χ3v) is 3.65. The number of hydrogen-bond donors (Lipinski definition) is 2. The number of likely N-dealkylation sites (tertiary alicyclic amines) is 1. The summed E-state index contributed by atoms with van der Waals surface area (Å²) >= 11 is 0. The molecule has 0 radical (unpaired) electrons. The normalized spacial score (nSPS) is 15.7. The van der Waals surface area contributed by atoms with Gasteiger partial charge in [-0.05, 0) is 36.5 Å². The summed E-state index contributed by atoms with van der Waals surface area (Å²) in [5.41, 5.74) is 0.740. The second kappa shape index (κ2) is 6.97. The van der Waals surface area contributed by atoms with E-state index < -0.39 is 12.1 Å². The zero-order valence-electron chi connectivity index (χ0n) is 11.7. The molecule has 1 aliphatic heterocycles. The van der Waals surface area contributed by atoms with Crippen molar-refractivity contribution in [3.63, 3.8) is 0 Å². The topological polar surface area (TPSA) is 87.1 Å². The molecular formula is C15H19NO5. The first kappa shape index (κ1) is 15.2. The molecule has 1 amide bonds. The van der Waals surface area contributed by atoms with Crippen LogP contribution in [0.5, 0.6) is 5.75 Å². The number of carbonyl (C=O) groups is 2. The van der Waals surface area contributed by atoms with Crippen LogP contribution in [-0.2, 0) is 11.2 Å². The van der Waals surface area contributed by atoms with Gasteiger partial charge in [-0.3, -0.25) is 4.79 Å². The number of benzene rings is 1. The van der Waals surface area contributed by atoms with Crippen LogP contribution in [0.15, 0.2) is 24.3 Å². The van der Waals surface area contributed by atoms with Gasteiger partial charge in [0.25, 0.3) is 0 Å². The van der Waals surface area contributed by atoms with Gasteiger partial charge in [0.2, 0.25) is 0 Å². The number of piperidine rings is 1. The first-order chi connectivity index (χ1) is 10.0. The van der Waals surface area contributed by atoms with E-state index in [1.54, 1.807) is 24.3 Å². The molecule has 0 saturated carbocycles. The average Bonchev–Trinajstić information content (AvgIpc) is 2.46. The summed E-state index contributed by atoms with van der Waals surface area (Å²) in [6.07, 6.45) is 0.768. The lowest BCUT2D eigenvalue weighted by Crippen LogP contribution is -2.38. The van der Waals surface area contributed by atoms with Crippen molar-refractivity contribution in [2.75, 3.05) is 19.7 Å². The molecule has 114 valence electrons. The molecule has 2 rings (SSSR count). The lowest BCUT2D eigenvalue weighted by atomic mass is 9.98. The fourth-order valence-corrected chi connectivity index (χ4v) is 2.38. The van der Waals surface area contributed by atoms with Gasteiger partial charge in [0.05, 0.1) is 13.0 Å². The largest absolute Gasteiger partial charge is 0.493 e. The van der Waals surface area contributed by atoms with Crippen LogP contribution >= 0.6 is 0 Å². The Bertz CT molecular complexity index is 491. The van der Waals surface area contributed by atoms with Gasteiger partial charge in [-0.1, -0.05) is 12.1 Å². The summed E-state index contributed by atoms with van der Waals surface area (Å²) in [5, 5.41) is 17.6. The molecule has 0 spiro atoms. The van der Waals surface area contributed by atoms with Gasteiger partial charge >= 0.3 is 12.1 Å². The first-order valence-corrected chi connectivity index (χ1v) is 6.96. The zero-order chi connectivity index (χ0) is 15.2. The van der Waals surface area contributed by atoms with Crippen LogP contribution < -0.4 is 4.74 Å². The minimum Gasteiger partial charge on any atom is -0.493 e. The Morgan fingerprint density at radius 1 is 1.14 bits per heavy atom. The van der Waals surface area contributed by atoms with Crippen molar-refractivity contribution in [2.24, 2.45) is 5.92 Å². The molecule has 2 N–H and O–H groups in total. The summed E-state index contributed by atoms with van der Waals surface area (Å²) in [4.78, 5) is 22.8. The lowest BCUT2D eigenvalue weighted by molar-refractivity contribution is -0.136. The zero-order valence-corrected chi connectivity index (χ0v) is 11.7. The minimum absolute atomic E-state index is 0.00787. The van der Waals surface area contributed by atoms with Crippen molar-refractivity contribution in [1.29, 1.82) is 0 Å². The molecule has 0 aromatic heterocycles. The van der Waals surface area contributed by atoms with E-state index in [0.717, 1.165) is 18.4 Å². The van der Waals surface area contributed by atoms with Crippen LogP contribution in [0.3, 0.4) is 0 Å². The van der Waals surface area contributed by atoms with Crippen molar-refractivity contribution in [1.82, 2.24) is 4.90 Å². The highest BCUT2D eigenvalue weighted by Gasteiger charge is 2.22. The lowest BCUT2D eigenvalue weighted by Gasteiger charge is -2.29. The Balaban J connectivity index is 1.76. The van der Waals surface area contributed by atoms with Gasteiger partial charge in [0.15, 0.2) is 0 Å². The molecule has 21 heavy (non-hydrogen) atoms. The van der Waals surface area contributed by atoms with Crippen molar-refractivity contribution in [3.8, 4) is 5.75 Å². The van der Waals surface area contributed by atoms with Gasteiger partial charge < -0.3 is 19.8 Å². The average molecular weight is 293 g/mol. The standard InChI is InChI=1S/C15H19NO5/c17-14(18)9-11-1-3-13(4-2-11)21-10-12-5-7-16(8-6-12)15(19)20/h1-4,12H,5-10H2,(H,17,18)(H,19,20). The summed E-state index contributed by atoms with van der Waals surface area (Å²) in [6, 6.07) is 7.03. The maximum absolute atomic E-state index is 10.8. The van der Waals surface area contributed by atoms with E-state index in [-0.39, 0.29) is 6.42 Å². The molecule has 0 unspecified atom stereocenters. The number of carboxylic acids is 1. The van der Waals surface area contributed by atoms with Crippen molar-refractivity contribution in [3.05, 3.63) is 29.8 Å². The quantitative estimate of drug-likeness (QED) is 0.868. The summed E-state index contributed by atoms with van der Waals surface area (Å²) in [6.45, 7) is 1.67. The predicted octanol–water partition coefficient (Wildman–Crippen LogP) is 2.08. The summed E-state index contributed by atoms with van der Waals surface area (Å²) < 4.78 is 5.69. The molecule has 6 heteroatoms. The molecule has 0 bridgehead atoms. The van der Waals surface area contributed by atoms with Gasteiger partial charge in [0, 0.05) is 13.1 Å². The van der Waals surface area contributed by atoms with Gasteiger partial charge in [0.1, 0.15) is 5.75 Å². The number of carboxylic acid groups (broad SMARTS) is 2. The fourth-order valence-electron chi connectivity index (χ4n) is 2.38. The molecule has 1 aromatic carbocycles. The molecule has 1 aromatic rings. The maximum atomic E-state index is 10.8. The number of hydrogen-bond acceptors (Lipinski definition) is 3. The van der Waals surface area contributed by atoms with Crippen molar-refractivity contribution >= 4 is 12.1 Å². The minimum atomic E-state index is -0.858. The van der Waals surface area contributed by atoms with Crippen LogP contribution in [0.1, 0.15) is 18.4 Å². The second-order valence-electron chi connectivity index (χ2n) is 5.24. The van der Waals surface area contributed by atoms with Crippen LogP contribution in [0.2, 0.25) is 0 Å². The van der Waals surface area contributed by atoms with E-state index >= 15 is 0 Å². The Hall–Kier alpha value is -2.24. The van der Waals surface area contributed by atoms with Crippen LogP contribution in [0.25, 0.3) is 0 Å². The monoisotopic (exact) mass is 293 g/mol. The SMILES string of the molecule is O=C(O)Cc1ccc(OCC2CCN(C(=O)O)CC2)cc1. The van der Waals surface area contributed by atoms with Crippen molar-refractivity contribution < 1.29 is 24.5 Å². The Morgan fingerprint density at radius 3 is 2.29 bits per heavy atom. The van der Waals surface area contributed by atoms with E-state index in [0.29, 0.717) is 31.4 Å². The highest BCUT2D eigenvalue weighted by molar-refractivity contribution is 5.70. The third-order valence-electron chi connectivity index (χ3n) is 3.65. The number of rotatable bonds is 5. The molecule has 1 aliphatic rings. The van der Waals surface area contributed by atoms with Gasteiger partial charge in [-0.2, -0.15) is 0 Å². The van der Waals surface area contributed by atoms with Crippen LogP contribution in [0, 0.1) is 5.92 Å². The predicted molar refractivity (Wildman–Crippen MR) is 75.6 cm³/mol. The van der Waals surface area contributed by atoms with E-state index in [2.05, 4.69) is 0 Å². The van der Waals surface area contributed by atoms with Gasteiger partial charge in [-0.15, -0.1) is 0 Å². The smallest absolute Gasteiger partial charge is 0.407 e. The molecular weight excluding hydrogens is 274 g/mol. The highest BCUT2D eigenvalue weighted by Crippen LogP contribution is 2.20. The summed E-state index contributed by atoms with van der Waals surface area (Å²) in [5.74, 6) is 0.220. The van der Waals surface area contributed by atoms with Crippen molar-refractivity contribution in [2.45, 2.75) is 19.3 Å². The maximum Gasteiger partial charge on any atom is 0.407 e. The fraction of sp³-hybridized carbons (Fsp3) is 0.467. The number of aliphatic carboxylic acids is 1. The Kier molecular flexibility index (Phi) is 5.03. The summed E-state index contributed by atoms with van der Waals surface area (Å²) in [7, 11) is 0. The number of amides is 1. The van der Waals surface area contributed by atoms with E-state index in [1.165, 1.54) is 4.90 Å². The highest BCUT2D eigenvalue weighted by atomic mass is 16.5. The number of nitrogens with zero attached hydrogens (tertiary/aromatic N) is 1. The third kappa shape index (κ3) is 4.66. The first-order valence-electron chi connectivity index (χ1n) is 6.96. The van der Waals surface area contributed by atoms with Crippen LogP contribution in [-0.4, -0.2) is 46.9 Å². The van der Waals surface area contributed by atoms with Gasteiger partial charge in [-0.25, -0.2) is 4.79 Å². The molecule has 0 aliphatic carbocycles. The molecule has 1 saturated heterocycles. The van der Waals surface area contributed by atoms with E-state index in [4.69, 9.17) is 14.9 Å².